The molecule has 3 N–H and O–H groups in total. The van der Waals surface area contributed by atoms with E-state index in [1.54, 1.807) is 43.3 Å². The SMILES string of the molecule is CNC(=O)c1ccc2c(c1)CCc1cc(C(=O)NC)ccc1C2(C[C@@H](C)NCC(=O)N1CCCC1C#N)c1nnc(-c2ccc(F)cc2)o1. The molecule has 6 rings (SSSR count). The van der Waals surface area contributed by atoms with Crippen LogP contribution in [0.25, 0.3) is 11.5 Å². The van der Waals surface area contributed by atoms with Crippen LogP contribution in [0.3, 0.4) is 0 Å². The first-order chi connectivity index (χ1) is 23.7. The van der Waals surface area contributed by atoms with E-state index in [0.717, 1.165) is 28.7 Å². The highest BCUT2D eigenvalue weighted by atomic mass is 19.1. The van der Waals surface area contributed by atoms with Gasteiger partial charge in [0.2, 0.25) is 17.7 Å². The summed E-state index contributed by atoms with van der Waals surface area (Å²) in [5.74, 6) is -0.499. The Bertz CT molecular complexity index is 1870. The number of hydrogen-bond donors (Lipinski definition) is 3. The molecule has 49 heavy (non-hydrogen) atoms. The summed E-state index contributed by atoms with van der Waals surface area (Å²) in [5.41, 5.74) is 3.96. The molecule has 0 saturated carbocycles. The Morgan fingerprint density at radius 2 is 1.59 bits per heavy atom. The summed E-state index contributed by atoms with van der Waals surface area (Å²) < 4.78 is 20.3. The quantitative estimate of drug-likeness (QED) is 0.244. The van der Waals surface area contributed by atoms with Gasteiger partial charge in [0, 0.05) is 43.4 Å². The minimum absolute atomic E-state index is 0.0328. The zero-order valence-electron chi connectivity index (χ0n) is 27.7. The van der Waals surface area contributed by atoms with Crippen molar-refractivity contribution in [1.29, 1.82) is 5.26 Å². The lowest BCUT2D eigenvalue weighted by Gasteiger charge is -2.36. The van der Waals surface area contributed by atoms with Crippen molar-refractivity contribution in [3.05, 3.63) is 106 Å². The monoisotopic (exact) mass is 663 g/mol. The number of likely N-dealkylation sites (tertiary alicyclic amines) is 1. The van der Waals surface area contributed by atoms with Crippen molar-refractivity contribution in [2.45, 2.75) is 56.5 Å². The van der Waals surface area contributed by atoms with E-state index < -0.39 is 17.3 Å². The van der Waals surface area contributed by atoms with E-state index in [-0.39, 0.29) is 42.1 Å². The highest BCUT2D eigenvalue weighted by molar-refractivity contribution is 5.95. The maximum atomic E-state index is 13.8. The van der Waals surface area contributed by atoms with Gasteiger partial charge in [-0.05, 0) is 110 Å². The molecule has 2 aliphatic rings. The summed E-state index contributed by atoms with van der Waals surface area (Å²) in [7, 11) is 3.17. The van der Waals surface area contributed by atoms with Crippen LogP contribution in [-0.2, 0) is 23.1 Å². The molecule has 1 fully saturated rings. The smallest absolute Gasteiger partial charge is 0.251 e. The maximum absolute atomic E-state index is 13.8. The molecule has 11 nitrogen and oxygen atoms in total. The van der Waals surface area contributed by atoms with E-state index in [2.05, 4.69) is 32.2 Å². The first-order valence-corrected chi connectivity index (χ1v) is 16.4. The Morgan fingerprint density at radius 3 is 2.16 bits per heavy atom. The molecular formula is C37H38FN7O4. The van der Waals surface area contributed by atoms with Crippen molar-refractivity contribution in [2.75, 3.05) is 27.2 Å². The largest absolute Gasteiger partial charge is 0.419 e. The maximum Gasteiger partial charge on any atom is 0.251 e. The summed E-state index contributed by atoms with van der Waals surface area (Å²) in [6, 6.07) is 18.4. The van der Waals surface area contributed by atoms with Gasteiger partial charge in [-0.3, -0.25) is 14.4 Å². The molecule has 2 heterocycles. The summed E-state index contributed by atoms with van der Waals surface area (Å²) in [6.07, 6.45) is 2.94. The average Bonchev–Trinajstić information content (AvgIpc) is 3.80. The van der Waals surface area contributed by atoms with Crippen LogP contribution in [0, 0.1) is 17.1 Å². The second-order valence-electron chi connectivity index (χ2n) is 12.6. The molecule has 0 bridgehead atoms. The molecule has 0 spiro atoms. The van der Waals surface area contributed by atoms with E-state index in [9.17, 15) is 24.0 Å². The Morgan fingerprint density at radius 1 is 0.980 bits per heavy atom. The first kappa shape index (κ1) is 33.5. The minimum Gasteiger partial charge on any atom is -0.419 e. The van der Waals surface area contributed by atoms with Gasteiger partial charge in [0.05, 0.1) is 12.6 Å². The number of nitrogens with one attached hydrogen (secondary N) is 3. The molecule has 1 aliphatic heterocycles. The number of amides is 3. The highest BCUT2D eigenvalue weighted by Gasteiger charge is 2.47. The topological polar surface area (TPSA) is 153 Å². The van der Waals surface area contributed by atoms with Crippen LogP contribution >= 0.6 is 0 Å². The standard InChI is InChI=1S/C37H38FN7O4/c1-22(42-21-32(46)45-16-4-5-29(45)20-39)19-37(36-44-43-35(49-36)23-8-12-28(38)13-9-23)30-14-10-26(33(47)40-2)17-24(30)6-7-25-18-27(34(48)41-3)11-15-31(25)37/h8-15,17-18,22,29,42H,4-7,16,19,21H2,1-3H3,(H,40,47)(H,41,48)/t22-,29?/m1/s1. The van der Waals surface area contributed by atoms with E-state index in [1.807, 2.05) is 31.2 Å². The minimum atomic E-state index is -1.09. The van der Waals surface area contributed by atoms with Gasteiger partial charge < -0.3 is 25.3 Å². The number of aromatic nitrogens is 2. The Labute approximate surface area is 283 Å². The number of carbonyl (C=O) groups excluding carboxylic acids is 3. The van der Waals surface area contributed by atoms with E-state index in [1.165, 1.54) is 12.1 Å². The van der Waals surface area contributed by atoms with Crippen molar-refractivity contribution in [2.24, 2.45) is 0 Å². The van der Waals surface area contributed by atoms with E-state index >= 15 is 0 Å². The van der Waals surface area contributed by atoms with Crippen LogP contribution in [0.4, 0.5) is 4.39 Å². The van der Waals surface area contributed by atoms with Gasteiger partial charge in [0.1, 0.15) is 17.3 Å². The number of nitrogens with zero attached hydrogens (tertiary/aromatic N) is 4. The van der Waals surface area contributed by atoms with Gasteiger partial charge in [-0.15, -0.1) is 10.2 Å². The molecule has 0 radical (unpaired) electrons. The molecule has 1 saturated heterocycles. The molecule has 12 heteroatoms. The van der Waals surface area contributed by atoms with Crippen LogP contribution in [0.5, 0.6) is 0 Å². The molecule has 4 aromatic rings. The molecule has 1 aromatic heterocycles. The van der Waals surface area contributed by atoms with Crippen molar-refractivity contribution >= 4 is 17.7 Å². The van der Waals surface area contributed by atoms with Gasteiger partial charge in [-0.25, -0.2) is 4.39 Å². The van der Waals surface area contributed by atoms with E-state index in [4.69, 9.17) is 4.42 Å². The van der Waals surface area contributed by atoms with Crippen molar-refractivity contribution in [1.82, 2.24) is 31.0 Å². The summed E-state index contributed by atoms with van der Waals surface area (Å²) in [6.45, 7) is 2.55. The Hall–Kier alpha value is -5.41. The lowest BCUT2D eigenvalue weighted by Crippen LogP contribution is -2.45. The fourth-order valence-corrected chi connectivity index (χ4v) is 7.16. The van der Waals surface area contributed by atoms with Gasteiger partial charge in [-0.1, -0.05) is 12.1 Å². The average molecular weight is 664 g/mol. The molecule has 1 aliphatic carbocycles. The Kier molecular flexibility index (Phi) is 9.56. The number of aryl methyl sites for hydroxylation is 2. The summed E-state index contributed by atoms with van der Waals surface area (Å²) >= 11 is 0. The molecule has 252 valence electrons. The predicted octanol–water partition coefficient (Wildman–Crippen LogP) is 3.91. The second kappa shape index (κ2) is 14.0. The second-order valence-corrected chi connectivity index (χ2v) is 12.6. The van der Waals surface area contributed by atoms with E-state index in [0.29, 0.717) is 48.9 Å². The molecular weight excluding hydrogens is 625 g/mol. The zero-order chi connectivity index (χ0) is 34.7. The Balaban J connectivity index is 1.50. The molecule has 3 aromatic carbocycles. The molecule has 2 atom stereocenters. The van der Waals surface area contributed by atoms with Gasteiger partial charge in [0.25, 0.3) is 11.8 Å². The lowest BCUT2D eigenvalue weighted by molar-refractivity contribution is -0.130. The van der Waals surface area contributed by atoms with Crippen molar-refractivity contribution in [3.63, 3.8) is 0 Å². The summed E-state index contributed by atoms with van der Waals surface area (Å²) in [4.78, 5) is 40.4. The number of carbonyl (C=O) groups is 3. The van der Waals surface area contributed by atoms with Gasteiger partial charge >= 0.3 is 0 Å². The van der Waals surface area contributed by atoms with Crippen molar-refractivity contribution in [3.8, 4) is 17.5 Å². The fraction of sp³-hybridized carbons (Fsp3) is 0.351. The van der Waals surface area contributed by atoms with Crippen LogP contribution < -0.4 is 16.0 Å². The van der Waals surface area contributed by atoms with Gasteiger partial charge in [-0.2, -0.15) is 5.26 Å². The third kappa shape index (κ3) is 6.41. The van der Waals surface area contributed by atoms with Crippen LogP contribution in [0.1, 0.15) is 75.0 Å². The number of benzene rings is 3. The number of halogens is 1. The first-order valence-electron chi connectivity index (χ1n) is 16.4. The molecule has 1 unspecified atom stereocenters. The third-order valence-electron chi connectivity index (χ3n) is 9.59. The van der Waals surface area contributed by atoms with Crippen LogP contribution in [0.2, 0.25) is 0 Å². The highest BCUT2D eigenvalue weighted by Crippen LogP contribution is 2.48. The summed E-state index contributed by atoms with van der Waals surface area (Å²) in [5, 5.41) is 27.3. The number of rotatable bonds is 9. The number of hydrogen-bond acceptors (Lipinski definition) is 8. The number of nitriles is 1. The van der Waals surface area contributed by atoms with Crippen LogP contribution in [-0.4, -0.2) is 72.1 Å². The van der Waals surface area contributed by atoms with Gasteiger partial charge in [0.15, 0.2) is 0 Å². The fourth-order valence-electron chi connectivity index (χ4n) is 7.16. The van der Waals surface area contributed by atoms with Crippen LogP contribution in [0.15, 0.2) is 65.1 Å². The van der Waals surface area contributed by atoms with Crippen molar-refractivity contribution < 1.29 is 23.2 Å². The third-order valence-corrected chi connectivity index (χ3v) is 9.59. The lowest BCUT2D eigenvalue weighted by atomic mass is 9.68. The number of fused-ring (bicyclic) bond motifs is 2. The molecule has 3 amide bonds. The predicted molar refractivity (Wildman–Crippen MR) is 179 cm³/mol. The normalized spacial score (nSPS) is 16.9. The zero-order valence-corrected chi connectivity index (χ0v) is 27.7.